The normalized spacial score (nSPS) is 17.4. The first-order valence-electron chi connectivity index (χ1n) is 11.9. The van der Waals surface area contributed by atoms with Crippen LogP contribution >= 0.6 is 24.0 Å². The fourth-order valence-electron chi connectivity index (χ4n) is 4.52. The molecule has 0 spiro atoms. The van der Waals surface area contributed by atoms with E-state index in [1.807, 2.05) is 0 Å². The quantitative estimate of drug-likeness (QED) is 0.456. The lowest BCUT2D eigenvalue weighted by Gasteiger charge is -2.17. The van der Waals surface area contributed by atoms with E-state index in [0.29, 0.717) is 30.9 Å². The first kappa shape index (κ1) is 27.9. The number of carbonyl (C=O) groups is 2. The molecular formula is C24H26Cl2F3N7O2. The van der Waals surface area contributed by atoms with Gasteiger partial charge < -0.3 is 20.5 Å². The average Bonchev–Trinajstić information content (AvgIpc) is 3.25. The fraction of sp³-hybridized carbons (Fsp3) is 0.417. The highest BCUT2D eigenvalue weighted by atomic mass is 35.5. The second-order valence-electron chi connectivity index (χ2n) is 9.42. The zero-order valence-electron chi connectivity index (χ0n) is 20.3. The molecule has 38 heavy (non-hydrogen) atoms. The number of hydrogen-bond donors (Lipinski definition) is 2. The van der Waals surface area contributed by atoms with E-state index in [-0.39, 0.29) is 52.4 Å². The van der Waals surface area contributed by atoms with E-state index >= 15 is 0 Å². The Morgan fingerprint density at radius 3 is 2.58 bits per heavy atom. The molecule has 3 aromatic rings. The molecule has 5 rings (SSSR count). The number of rotatable bonds is 6. The van der Waals surface area contributed by atoms with E-state index < -0.39 is 17.8 Å². The number of halogens is 5. The van der Waals surface area contributed by atoms with Gasteiger partial charge in [-0.1, -0.05) is 11.6 Å². The lowest BCUT2D eigenvalue weighted by Crippen LogP contribution is -2.30. The second-order valence-corrected chi connectivity index (χ2v) is 9.82. The van der Waals surface area contributed by atoms with Crippen molar-refractivity contribution in [1.82, 2.24) is 24.2 Å². The van der Waals surface area contributed by atoms with Crippen molar-refractivity contribution in [3.63, 3.8) is 0 Å². The van der Waals surface area contributed by atoms with Crippen molar-refractivity contribution >= 4 is 41.5 Å². The highest BCUT2D eigenvalue weighted by molar-refractivity contribution is 6.34. The van der Waals surface area contributed by atoms with Crippen LogP contribution in [0.3, 0.4) is 0 Å². The van der Waals surface area contributed by atoms with E-state index in [2.05, 4.69) is 15.4 Å². The number of amides is 2. The number of nitrogens with one attached hydrogen (secondary N) is 1. The SMILES string of the molecule is Cl.Cn1c(-c2cn(C3CC3)nc2C(F)(F)F)cnc1C(=O)Nc1ccc(C(=O)N2CCC(CN)C2)c(Cl)c1. The van der Waals surface area contributed by atoms with Gasteiger partial charge in [0.15, 0.2) is 11.5 Å². The van der Waals surface area contributed by atoms with Crippen LogP contribution in [-0.2, 0) is 13.2 Å². The van der Waals surface area contributed by atoms with Crippen molar-refractivity contribution < 1.29 is 22.8 Å². The van der Waals surface area contributed by atoms with E-state index in [1.54, 1.807) is 11.0 Å². The minimum Gasteiger partial charge on any atom is -0.338 e. The molecule has 2 aliphatic rings. The Labute approximate surface area is 227 Å². The molecule has 3 heterocycles. The third-order valence-electron chi connectivity index (χ3n) is 6.75. The molecule has 1 aromatic carbocycles. The van der Waals surface area contributed by atoms with Crippen LogP contribution in [-0.4, -0.2) is 55.7 Å². The standard InChI is InChI=1S/C24H25ClF3N7O2.ClH/c1-33-19(17-12-35(15-3-4-15)32-20(17)24(26,27)28)10-30-21(33)22(36)31-14-2-5-16(18(25)8-14)23(37)34-7-6-13(9-29)11-34;/h2,5,8,10,12-13,15H,3-4,6-7,9,11,29H2,1H3,(H,31,36);1H. The van der Waals surface area contributed by atoms with E-state index in [1.165, 1.54) is 40.8 Å². The Hall–Kier alpha value is -3.09. The summed E-state index contributed by atoms with van der Waals surface area (Å²) in [5.41, 5.74) is 5.28. The van der Waals surface area contributed by atoms with E-state index in [4.69, 9.17) is 17.3 Å². The molecule has 1 saturated carbocycles. The number of imidazole rings is 1. The predicted molar refractivity (Wildman–Crippen MR) is 137 cm³/mol. The van der Waals surface area contributed by atoms with E-state index in [9.17, 15) is 22.8 Å². The van der Waals surface area contributed by atoms with Crippen LogP contribution < -0.4 is 11.1 Å². The number of nitrogens with two attached hydrogens (primary N) is 1. The van der Waals surface area contributed by atoms with Crippen LogP contribution in [0.4, 0.5) is 18.9 Å². The van der Waals surface area contributed by atoms with Gasteiger partial charge in [0.25, 0.3) is 11.8 Å². The zero-order chi connectivity index (χ0) is 26.5. The Morgan fingerprint density at radius 2 is 1.97 bits per heavy atom. The number of hydrogen-bond acceptors (Lipinski definition) is 5. The summed E-state index contributed by atoms with van der Waals surface area (Å²) in [7, 11) is 1.46. The monoisotopic (exact) mass is 571 g/mol. The maximum absolute atomic E-state index is 13.6. The summed E-state index contributed by atoms with van der Waals surface area (Å²) < 4.78 is 43.6. The highest BCUT2D eigenvalue weighted by Crippen LogP contribution is 2.41. The van der Waals surface area contributed by atoms with Gasteiger partial charge in [-0.3, -0.25) is 14.3 Å². The van der Waals surface area contributed by atoms with Crippen molar-refractivity contribution in [2.24, 2.45) is 18.7 Å². The molecule has 1 aliphatic heterocycles. The molecule has 3 N–H and O–H groups in total. The minimum absolute atomic E-state index is 0. The number of likely N-dealkylation sites (tertiary alicyclic amines) is 1. The Kier molecular flexibility index (Phi) is 7.78. The fourth-order valence-corrected chi connectivity index (χ4v) is 4.78. The van der Waals surface area contributed by atoms with Gasteiger partial charge in [-0.2, -0.15) is 18.3 Å². The number of aromatic nitrogens is 4. The Balaban J connectivity index is 0.00000336. The third-order valence-corrected chi connectivity index (χ3v) is 7.07. The van der Waals surface area contributed by atoms with Crippen LogP contribution in [0.2, 0.25) is 5.02 Å². The second kappa shape index (κ2) is 10.6. The van der Waals surface area contributed by atoms with Gasteiger partial charge >= 0.3 is 6.18 Å². The van der Waals surface area contributed by atoms with Crippen molar-refractivity contribution in [2.75, 3.05) is 25.0 Å². The summed E-state index contributed by atoms with van der Waals surface area (Å²) in [6, 6.07) is 4.48. The molecule has 0 radical (unpaired) electrons. The Bertz CT molecular complexity index is 1370. The number of benzene rings is 1. The van der Waals surface area contributed by atoms with Crippen molar-refractivity contribution in [2.45, 2.75) is 31.5 Å². The average molecular weight is 572 g/mol. The number of nitrogens with zero attached hydrogens (tertiary/aromatic N) is 5. The van der Waals surface area contributed by atoms with Crippen LogP contribution in [0.5, 0.6) is 0 Å². The van der Waals surface area contributed by atoms with Gasteiger partial charge in [-0.15, -0.1) is 12.4 Å². The van der Waals surface area contributed by atoms with Crippen molar-refractivity contribution in [1.29, 1.82) is 0 Å². The van der Waals surface area contributed by atoms with Gasteiger partial charge in [0.05, 0.1) is 34.1 Å². The van der Waals surface area contributed by atoms with Crippen LogP contribution in [0, 0.1) is 5.92 Å². The molecule has 1 atom stereocenters. The smallest absolute Gasteiger partial charge is 0.338 e. The molecule has 2 fully saturated rings. The van der Waals surface area contributed by atoms with Crippen molar-refractivity contribution in [3.05, 3.63) is 52.7 Å². The largest absolute Gasteiger partial charge is 0.435 e. The van der Waals surface area contributed by atoms with Gasteiger partial charge in [0, 0.05) is 32.0 Å². The van der Waals surface area contributed by atoms with Gasteiger partial charge in [-0.05, 0) is 49.9 Å². The Morgan fingerprint density at radius 1 is 1.24 bits per heavy atom. The molecule has 14 heteroatoms. The summed E-state index contributed by atoms with van der Waals surface area (Å²) >= 11 is 6.35. The molecule has 1 aliphatic carbocycles. The highest BCUT2D eigenvalue weighted by Gasteiger charge is 2.40. The number of carbonyl (C=O) groups excluding carboxylic acids is 2. The first-order chi connectivity index (χ1) is 17.6. The molecule has 2 aromatic heterocycles. The summed E-state index contributed by atoms with van der Waals surface area (Å²) in [6.07, 6.45) is 0.305. The van der Waals surface area contributed by atoms with Crippen LogP contribution in [0.1, 0.15) is 52.0 Å². The van der Waals surface area contributed by atoms with Crippen LogP contribution in [0.25, 0.3) is 11.3 Å². The molecule has 2 amide bonds. The zero-order valence-corrected chi connectivity index (χ0v) is 21.9. The molecule has 1 saturated heterocycles. The maximum atomic E-state index is 13.6. The number of alkyl halides is 3. The van der Waals surface area contributed by atoms with Crippen molar-refractivity contribution in [3.8, 4) is 11.3 Å². The summed E-state index contributed by atoms with van der Waals surface area (Å²) in [5.74, 6) is -0.681. The number of anilines is 1. The summed E-state index contributed by atoms with van der Waals surface area (Å²) in [6.45, 7) is 1.69. The summed E-state index contributed by atoms with van der Waals surface area (Å²) in [4.78, 5) is 31.5. The lowest BCUT2D eigenvalue weighted by molar-refractivity contribution is -0.141. The first-order valence-corrected chi connectivity index (χ1v) is 12.2. The predicted octanol–water partition coefficient (Wildman–Crippen LogP) is 4.39. The summed E-state index contributed by atoms with van der Waals surface area (Å²) in [5, 5.41) is 6.56. The molecule has 1 unspecified atom stereocenters. The van der Waals surface area contributed by atoms with Gasteiger partial charge in [0.1, 0.15) is 0 Å². The van der Waals surface area contributed by atoms with Crippen LogP contribution in [0.15, 0.2) is 30.6 Å². The molecular weight excluding hydrogens is 546 g/mol. The lowest BCUT2D eigenvalue weighted by atomic mass is 10.1. The molecule has 204 valence electrons. The molecule has 9 nitrogen and oxygen atoms in total. The maximum Gasteiger partial charge on any atom is 0.435 e. The topological polar surface area (TPSA) is 111 Å². The third kappa shape index (κ3) is 5.38. The van der Waals surface area contributed by atoms with Gasteiger partial charge in [-0.25, -0.2) is 4.98 Å². The molecule has 0 bridgehead atoms. The van der Waals surface area contributed by atoms with E-state index in [0.717, 1.165) is 19.3 Å². The minimum atomic E-state index is -4.65. The van der Waals surface area contributed by atoms with Gasteiger partial charge in [0.2, 0.25) is 0 Å².